The van der Waals surface area contributed by atoms with Crippen LogP contribution in [0.2, 0.25) is 0 Å². The summed E-state index contributed by atoms with van der Waals surface area (Å²) in [5.74, 6) is -1.12. The maximum Gasteiger partial charge on any atom is 0.313 e. The molecule has 8 nitrogen and oxygen atoms in total. The van der Waals surface area contributed by atoms with E-state index in [1.807, 2.05) is 0 Å². The second-order valence-electron chi connectivity index (χ2n) is 6.70. The molecule has 3 amide bonds. The van der Waals surface area contributed by atoms with E-state index in [4.69, 9.17) is 4.74 Å². The van der Waals surface area contributed by atoms with Crippen LogP contribution in [0.15, 0.2) is 24.3 Å². The van der Waals surface area contributed by atoms with Gasteiger partial charge in [-0.25, -0.2) is 0 Å². The van der Waals surface area contributed by atoms with Crippen LogP contribution in [0.5, 0.6) is 0 Å². The molecule has 148 valence electrons. The molecule has 1 aliphatic heterocycles. The summed E-state index contributed by atoms with van der Waals surface area (Å²) in [6, 6.07) is 6.58. The lowest BCUT2D eigenvalue weighted by atomic mass is 9.97. The van der Waals surface area contributed by atoms with E-state index in [1.165, 1.54) is 6.92 Å². The predicted octanol–water partition coefficient (Wildman–Crippen LogP) is 1.06. The first-order valence-electron chi connectivity index (χ1n) is 9.16. The highest BCUT2D eigenvalue weighted by atomic mass is 16.5. The highest BCUT2D eigenvalue weighted by molar-refractivity contribution is 6.39. The second-order valence-corrected chi connectivity index (χ2v) is 6.70. The summed E-state index contributed by atoms with van der Waals surface area (Å²) in [5, 5.41) is 7.91. The Labute approximate surface area is 159 Å². The van der Waals surface area contributed by atoms with Gasteiger partial charge in [-0.1, -0.05) is 0 Å². The molecule has 8 heteroatoms. The van der Waals surface area contributed by atoms with Crippen LogP contribution in [-0.4, -0.2) is 62.5 Å². The Balaban J connectivity index is 1.70. The number of benzene rings is 1. The van der Waals surface area contributed by atoms with Crippen LogP contribution in [0.4, 0.5) is 11.4 Å². The smallest absolute Gasteiger partial charge is 0.313 e. The fourth-order valence-electron chi connectivity index (χ4n) is 2.98. The minimum atomic E-state index is -0.695. The average Bonchev–Trinajstić information content (AvgIpc) is 2.66. The molecule has 1 aromatic carbocycles. The first kappa shape index (κ1) is 20.9. The summed E-state index contributed by atoms with van der Waals surface area (Å²) in [6.07, 6.45) is 1.99. The Morgan fingerprint density at radius 3 is 2.19 bits per heavy atom. The number of piperidine rings is 1. The van der Waals surface area contributed by atoms with Gasteiger partial charge in [0.25, 0.3) is 0 Å². The van der Waals surface area contributed by atoms with E-state index in [2.05, 4.69) is 20.9 Å². The van der Waals surface area contributed by atoms with Gasteiger partial charge in [-0.2, -0.15) is 0 Å². The topological polar surface area (TPSA) is 99.8 Å². The number of nitrogens with zero attached hydrogens (tertiary/aromatic N) is 1. The van der Waals surface area contributed by atoms with Crippen molar-refractivity contribution in [3.8, 4) is 0 Å². The molecular weight excluding hydrogens is 348 g/mol. The van der Waals surface area contributed by atoms with Gasteiger partial charge in [-0.3, -0.25) is 14.4 Å². The van der Waals surface area contributed by atoms with Gasteiger partial charge in [0.2, 0.25) is 5.91 Å². The molecule has 0 atom stereocenters. The van der Waals surface area contributed by atoms with Gasteiger partial charge in [-0.15, -0.1) is 0 Å². The Morgan fingerprint density at radius 2 is 1.63 bits per heavy atom. The monoisotopic (exact) mass is 376 g/mol. The fourth-order valence-corrected chi connectivity index (χ4v) is 2.98. The van der Waals surface area contributed by atoms with Crippen molar-refractivity contribution >= 4 is 29.1 Å². The molecule has 1 fully saturated rings. The molecule has 0 saturated carbocycles. The zero-order chi connectivity index (χ0) is 19.6. The fraction of sp³-hybridized carbons (Fsp3) is 0.526. The second kappa shape index (κ2) is 10.6. The maximum atomic E-state index is 12.0. The predicted molar refractivity (Wildman–Crippen MR) is 103 cm³/mol. The van der Waals surface area contributed by atoms with E-state index in [0.717, 1.165) is 39.1 Å². The number of nitrogens with one attached hydrogen (secondary N) is 3. The van der Waals surface area contributed by atoms with Crippen LogP contribution in [0.25, 0.3) is 0 Å². The normalized spacial score (nSPS) is 15.2. The quantitative estimate of drug-likeness (QED) is 0.618. The van der Waals surface area contributed by atoms with Crippen molar-refractivity contribution in [2.24, 2.45) is 5.92 Å². The van der Waals surface area contributed by atoms with E-state index >= 15 is 0 Å². The van der Waals surface area contributed by atoms with Crippen LogP contribution in [0.3, 0.4) is 0 Å². The number of carbonyl (C=O) groups excluding carboxylic acids is 3. The number of carbonyl (C=O) groups is 3. The third-order valence-electron chi connectivity index (χ3n) is 4.54. The summed E-state index contributed by atoms with van der Waals surface area (Å²) in [5.41, 5.74) is 1.12. The van der Waals surface area contributed by atoms with Gasteiger partial charge in [0.05, 0.1) is 6.61 Å². The molecule has 1 aliphatic rings. The molecule has 27 heavy (non-hydrogen) atoms. The lowest BCUT2D eigenvalue weighted by Gasteiger charge is -2.31. The SMILES string of the molecule is COCCN1CCC(CNC(=O)C(=O)Nc2ccc(NC(C)=O)cc2)CC1. The number of methoxy groups -OCH3 is 1. The number of ether oxygens (including phenoxy) is 1. The first-order chi connectivity index (χ1) is 13.0. The lowest BCUT2D eigenvalue weighted by Crippen LogP contribution is -2.42. The number of anilines is 2. The Kier molecular flexibility index (Phi) is 8.22. The van der Waals surface area contributed by atoms with Crippen molar-refractivity contribution in [2.45, 2.75) is 19.8 Å². The van der Waals surface area contributed by atoms with Gasteiger partial charge in [0, 0.05) is 38.5 Å². The van der Waals surface area contributed by atoms with Crippen molar-refractivity contribution in [3.05, 3.63) is 24.3 Å². The third kappa shape index (κ3) is 7.36. The van der Waals surface area contributed by atoms with Crippen molar-refractivity contribution in [3.63, 3.8) is 0 Å². The molecule has 0 aromatic heterocycles. The van der Waals surface area contributed by atoms with Crippen LogP contribution >= 0.6 is 0 Å². The van der Waals surface area contributed by atoms with Gasteiger partial charge >= 0.3 is 11.8 Å². The van der Waals surface area contributed by atoms with E-state index in [1.54, 1.807) is 31.4 Å². The van der Waals surface area contributed by atoms with E-state index in [9.17, 15) is 14.4 Å². The van der Waals surface area contributed by atoms with Gasteiger partial charge in [0.15, 0.2) is 0 Å². The summed E-state index contributed by atoms with van der Waals surface area (Å²) in [4.78, 5) is 37.3. The van der Waals surface area contributed by atoms with Gasteiger partial charge in [-0.05, 0) is 56.1 Å². The standard InChI is InChI=1S/C19H28N4O4/c1-14(24)21-16-3-5-17(6-4-16)22-19(26)18(25)20-13-15-7-9-23(10-8-15)11-12-27-2/h3-6,15H,7-13H2,1-2H3,(H,20,25)(H,21,24)(H,22,26). The third-order valence-corrected chi connectivity index (χ3v) is 4.54. The average molecular weight is 376 g/mol. The Morgan fingerprint density at radius 1 is 1.04 bits per heavy atom. The van der Waals surface area contributed by atoms with Crippen LogP contribution < -0.4 is 16.0 Å². The molecule has 0 radical (unpaired) electrons. The van der Waals surface area contributed by atoms with E-state index in [-0.39, 0.29) is 5.91 Å². The molecular formula is C19H28N4O4. The van der Waals surface area contributed by atoms with Gasteiger partial charge in [0.1, 0.15) is 0 Å². The summed E-state index contributed by atoms with van der Waals surface area (Å²) in [7, 11) is 1.70. The molecule has 3 N–H and O–H groups in total. The lowest BCUT2D eigenvalue weighted by molar-refractivity contribution is -0.136. The van der Waals surface area contributed by atoms with Gasteiger partial charge < -0.3 is 25.6 Å². The summed E-state index contributed by atoms with van der Waals surface area (Å²) in [6.45, 7) is 5.55. The van der Waals surface area contributed by atoms with Crippen LogP contribution in [0, 0.1) is 5.92 Å². The molecule has 1 heterocycles. The maximum absolute atomic E-state index is 12.0. The Bertz CT molecular complexity index is 640. The minimum absolute atomic E-state index is 0.171. The summed E-state index contributed by atoms with van der Waals surface area (Å²) < 4.78 is 5.09. The Hall–Kier alpha value is -2.45. The molecule has 0 bridgehead atoms. The van der Waals surface area contributed by atoms with E-state index < -0.39 is 11.8 Å². The molecule has 0 aliphatic carbocycles. The zero-order valence-electron chi connectivity index (χ0n) is 15.9. The number of hydrogen-bond acceptors (Lipinski definition) is 5. The number of hydrogen-bond donors (Lipinski definition) is 3. The van der Waals surface area contributed by atoms with Crippen molar-refractivity contribution in [2.75, 3.05) is 50.5 Å². The molecule has 2 rings (SSSR count). The number of likely N-dealkylation sites (tertiary alicyclic amines) is 1. The van der Waals surface area contributed by atoms with Crippen molar-refractivity contribution in [1.82, 2.24) is 10.2 Å². The molecule has 0 spiro atoms. The number of rotatable bonds is 7. The molecule has 0 unspecified atom stereocenters. The molecule has 1 aromatic rings. The first-order valence-corrected chi connectivity index (χ1v) is 9.16. The van der Waals surface area contributed by atoms with Crippen molar-refractivity contribution < 1.29 is 19.1 Å². The number of amides is 3. The minimum Gasteiger partial charge on any atom is -0.383 e. The van der Waals surface area contributed by atoms with E-state index in [0.29, 0.717) is 23.8 Å². The highest BCUT2D eigenvalue weighted by Crippen LogP contribution is 2.16. The largest absolute Gasteiger partial charge is 0.383 e. The van der Waals surface area contributed by atoms with Crippen LogP contribution in [-0.2, 0) is 19.1 Å². The highest BCUT2D eigenvalue weighted by Gasteiger charge is 2.21. The molecule has 1 saturated heterocycles. The van der Waals surface area contributed by atoms with Crippen LogP contribution in [0.1, 0.15) is 19.8 Å². The summed E-state index contributed by atoms with van der Waals surface area (Å²) >= 11 is 0. The zero-order valence-corrected chi connectivity index (χ0v) is 15.9. The van der Waals surface area contributed by atoms with Crippen molar-refractivity contribution in [1.29, 1.82) is 0 Å².